The van der Waals surface area contributed by atoms with Gasteiger partial charge in [-0.25, -0.2) is 8.42 Å². The molecule has 0 bridgehead atoms. The zero-order valence-corrected chi connectivity index (χ0v) is 18.3. The van der Waals surface area contributed by atoms with Crippen molar-refractivity contribution in [1.82, 2.24) is 10.2 Å². The molecular formula is C23H34N2O3S. The highest BCUT2D eigenvalue weighted by Crippen LogP contribution is 2.29. The van der Waals surface area contributed by atoms with E-state index < -0.39 is 9.84 Å². The van der Waals surface area contributed by atoms with Crippen LogP contribution >= 0.6 is 0 Å². The Kier molecular flexibility index (Phi) is 6.30. The van der Waals surface area contributed by atoms with E-state index >= 15 is 0 Å². The molecule has 1 heterocycles. The molecule has 29 heavy (non-hydrogen) atoms. The molecule has 1 aromatic carbocycles. The Morgan fingerprint density at radius 1 is 1.07 bits per heavy atom. The van der Waals surface area contributed by atoms with Gasteiger partial charge in [-0.05, 0) is 68.6 Å². The highest BCUT2D eigenvalue weighted by atomic mass is 32.2. The summed E-state index contributed by atoms with van der Waals surface area (Å²) in [7, 11) is -3.00. The lowest BCUT2D eigenvalue weighted by molar-refractivity contribution is -0.134. The summed E-state index contributed by atoms with van der Waals surface area (Å²) in [5, 5.41) is 3.41. The van der Waals surface area contributed by atoms with Gasteiger partial charge in [-0.15, -0.1) is 0 Å². The van der Waals surface area contributed by atoms with E-state index in [2.05, 4.69) is 30.4 Å². The third-order valence-corrected chi connectivity index (χ3v) is 8.79. The van der Waals surface area contributed by atoms with Crippen LogP contribution < -0.4 is 5.32 Å². The molecule has 160 valence electrons. The second-order valence-electron chi connectivity index (χ2n) is 9.13. The second kappa shape index (κ2) is 8.76. The topological polar surface area (TPSA) is 66.5 Å². The van der Waals surface area contributed by atoms with E-state index in [1.165, 1.54) is 36.0 Å². The predicted molar refractivity (Wildman–Crippen MR) is 116 cm³/mol. The lowest BCUT2D eigenvalue weighted by Crippen LogP contribution is -2.50. The summed E-state index contributed by atoms with van der Waals surface area (Å²) in [4.78, 5) is 15.1. The summed E-state index contributed by atoms with van der Waals surface area (Å²) < 4.78 is 24.0. The number of hydrogen-bond acceptors (Lipinski definition) is 4. The van der Waals surface area contributed by atoms with Gasteiger partial charge in [0.25, 0.3) is 0 Å². The van der Waals surface area contributed by atoms with Gasteiger partial charge in [-0.3, -0.25) is 4.79 Å². The number of carbonyl (C=O) groups is 1. The third kappa shape index (κ3) is 4.85. The van der Waals surface area contributed by atoms with Gasteiger partial charge in [-0.1, -0.05) is 31.0 Å². The average molecular weight is 419 g/mol. The summed E-state index contributed by atoms with van der Waals surface area (Å²) in [6, 6.07) is 6.90. The Hall–Kier alpha value is -1.40. The quantitative estimate of drug-likeness (QED) is 0.771. The van der Waals surface area contributed by atoms with Gasteiger partial charge in [0, 0.05) is 18.1 Å². The number of sulfone groups is 1. The number of hydrogen-bond donors (Lipinski definition) is 1. The molecule has 2 fully saturated rings. The highest BCUT2D eigenvalue weighted by Gasteiger charge is 2.38. The molecule has 5 nitrogen and oxygen atoms in total. The maximum Gasteiger partial charge on any atom is 0.237 e. The monoisotopic (exact) mass is 418 g/mol. The van der Waals surface area contributed by atoms with Crippen LogP contribution in [0.2, 0.25) is 0 Å². The Bertz CT molecular complexity index is 846. The van der Waals surface area contributed by atoms with E-state index in [1.807, 2.05) is 4.90 Å². The van der Waals surface area contributed by atoms with Crippen molar-refractivity contribution in [2.24, 2.45) is 0 Å². The van der Waals surface area contributed by atoms with E-state index in [-0.39, 0.29) is 42.1 Å². The lowest BCUT2D eigenvalue weighted by atomic mass is 9.89. The first-order valence-electron chi connectivity index (χ1n) is 11.3. The van der Waals surface area contributed by atoms with Crippen LogP contribution in [0.1, 0.15) is 74.6 Å². The first-order valence-corrected chi connectivity index (χ1v) is 13.1. The first kappa shape index (κ1) is 20.9. The van der Waals surface area contributed by atoms with Crippen LogP contribution in [0.5, 0.6) is 0 Å². The standard InChI is InChI=1S/C23H34N2O3S/c1-17(19-11-10-18-6-2-3-7-20(18)14-19)24-15-23(26)25(21-8-4-5-9-21)22-12-13-29(27,28)16-22/h10-11,14,17,21-22,24H,2-9,12-13,15-16H2,1H3/t17-,22-/m1/s1. The molecule has 1 amide bonds. The molecule has 3 aliphatic rings. The zero-order chi connectivity index (χ0) is 20.4. The number of nitrogens with one attached hydrogen (secondary N) is 1. The highest BCUT2D eigenvalue weighted by molar-refractivity contribution is 7.91. The first-order chi connectivity index (χ1) is 13.9. The molecule has 6 heteroatoms. The van der Waals surface area contributed by atoms with Crippen LogP contribution in [0.3, 0.4) is 0 Å². The summed E-state index contributed by atoms with van der Waals surface area (Å²) in [5.41, 5.74) is 4.16. The Morgan fingerprint density at radius 2 is 1.79 bits per heavy atom. The fourth-order valence-corrected chi connectivity index (χ4v) is 7.07. The van der Waals surface area contributed by atoms with Gasteiger partial charge in [0.15, 0.2) is 9.84 Å². The fraction of sp³-hybridized carbons (Fsp3) is 0.696. The molecule has 1 N–H and O–H groups in total. The fourth-order valence-electron chi connectivity index (χ4n) is 5.35. The van der Waals surface area contributed by atoms with Crippen LogP contribution in [0, 0.1) is 0 Å². The molecule has 1 aliphatic heterocycles. The lowest BCUT2D eigenvalue weighted by Gasteiger charge is -2.34. The molecule has 0 aromatic heterocycles. The van der Waals surface area contributed by atoms with Crippen LogP contribution in [-0.4, -0.2) is 49.4 Å². The van der Waals surface area contributed by atoms with Crippen molar-refractivity contribution in [3.05, 3.63) is 34.9 Å². The number of carbonyl (C=O) groups excluding carboxylic acids is 1. The molecule has 1 aromatic rings. The summed E-state index contributed by atoms with van der Waals surface area (Å²) >= 11 is 0. The molecule has 0 radical (unpaired) electrons. The second-order valence-corrected chi connectivity index (χ2v) is 11.4. The summed E-state index contributed by atoms with van der Waals surface area (Å²) in [5.74, 6) is 0.409. The molecule has 1 saturated carbocycles. The maximum absolute atomic E-state index is 13.2. The summed E-state index contributed by atoms with van der Waals surface area (Å²) in [6.45, 7) is 2.38. The number of fused-ring (bicyclic) bond motifs is 1. The molecule has 4 rings (SSSR count). The van der Waals surface area contributed by atoms with Crippen molar-refractivity contribution in [3.8, 4) is 0 Å². The van der Waals surface area contributed by atoms with Crippen LogP contribution in [0.15, 0.2) is 18.2 Å². The molecule has 2 aliphatic carbocycles. The van der Waals surface area contributed by atoms with E-state index in [9.17, 15) is 13.2 Å². The normalized spacial score (nSPS) is 24.9. The van der Waals surface area contributed by atoms with Gasteiger partial charge in [0.05, 0.1) is 18.1 Å². The van der Waals surface area contributed by atoms with Crippen molar-refractivity contribution in [2.75, 3.05) is 18.1 Å². The number of benzene rings is 1. The molecule has 0 unspecified atom stereocenters. The molecule has 1 saturated heterocycles. The minimum atomic E-state index is -3.00. The van der Waals surface area contributed by atoms with Gasteiger partial charge < -0.3 is 10.2 Å². The van der Waals surface area contributed by atoms with Gasteiger partial charge in [-0.2, -0.15) is 0 Å². The minimum absolute atomic E-state index is 0.0591. The van der Waals surface area contributed by atoms with Crippen molar-refractivity contribution in [2.45, 2.75) is 82.8 Å². The van der Waals surface area contributed by atoms with Crippen molar-refractivity contribution in [3.63, 3.8) is 0 Å². The Morgan fingerprint density at radius 3 is 2.48 bits per heavy atom. The van der Waals surface area contributed by atoms with Gasteiger partial charge >= 0.3 is 0 Å². The van der Waals surface area contributed by atoms with Crippen LogP contribution in [-0.2, 0) is 27.5 Å². The van der Waals surface area contributed by atoms with E-state index in [1.54, 1.807) is 0 Å². The Labute approximate surface area is 175 Å². The zero-order valence-electron chi connectivity index (χ0n) is 17.5. The number of rotatable bonds is 6. The van der Waals surface area contributed by atoms with Crippen molar-refractivity contribution >= 4 is 15.7 Å². The van der Waals surface area contributed by atoms with Crippen LogP contribution in [0.25, 0.3) is 0 Å². The van der Waals surface area contributed by atoms with Gasteiger partial charge in [0.2, 0.25) is 5.91 Å². The minimum Gasteiger partial charge on any atom is -0.335 e. The predicted octanol–water partition coefficient (Wildman–Crippen LogP) is 3.17. The molecular weight excluding hydrogens is 384 g/mol. The van der Waals surface area contributed by atoms with E-state index in [0.717, 1.165) is 32.1 Å². The average Bonchev–Trinajstić information content (AvgIpc) is 3.36. The van der Waals surface area contributed by atoms with Crippen molar-refractivity contribution in [1.29, 1.82) is 0 Å². The number of aryl methyl sites for hydroxylation is 2. The van der Waals surface area contributed by atoms with E-state index in [0.29, 0.717) is 6.42 Å². The molecule has 0 spiro atoms. The van der Waals surface area contributed by atoms with E-state index in [4.69, 9.17) is 0 Å². The van der Waals surface area contributed by atoms with Crippen LogP contribution in [0.4, 0.5) is 0 Å². The van der Waals surface area contributed by atoms with Gasteiger partial charge in [0.1, 0.15) is 0 Å². The third-order valence-electron chi connectivity index (χ3n) is 7.04. The SMILES string of the molecule is C[C@@H](NCC(=O)N(C1CCCC1)[C@@H]1CCS(=O)(=O)C1)c1ccc2c(c1)CCCC2. The number of amides is 1. The Balaban J connectivity index is 1.41. The number of nitrogens with zero attached hydrogens (tertiary/aromatic N) is 1. The largest absolute Gasteiger partial charge is 0.335 e. The molecule has 2 atom stereocenters. The summed E-state index contributed by atoms with van der Waals surface area (Å²) in [6.07, 6.45) is 9.73. The smallest absolute Gasteiger partial charge is 0.237 e. The maximum atomic E-state index is 13.2. The van der Waals surface area contributed by atoms with Crippen molar-refractivity contribution < 1.29 is 13.2 Å².